The van der Waals surface area contributed by atoms with E-state index in [1.165, 1.54) is 7.11 Å². The first-order chi connectivity index (χ1) is 15.4. The second-order valence-electron chi connectivity index (χ2n) is 6.33. The number of para-hydroxylation sites is 1. The van der Waals surface area contributed by atoms with Gasteiger partial charge in [0.25, 0.3) is 0 Å². The number of guanidine groups is 1. The van der Waals surface area contributed by atoms with Crippen LogP contribution in [0.2, 0.25) is 0 Å². The zero-order valence-electron chi connectivity index (χ0n) is 16.8. The number of nitrogens with zero attached hydrogens (tertiary/aromatic N) is 3. The van der Waals surface area contributed by atoms with Crippen molar-refractivity contribution >= 4 is 34.6 Å². The van der Waals surface area contributed by atoms with E-state index >= 15 is 0 Å². The lowest BCUT2D eigenvalue weighted by molar-refractivity contribution is -0.136. The van der Waals surface area contributed by atoms with Gasteiger partial charge in [0.05, 0.1) is 19.7 Å². The van der Waals surface area contributed by atoms with Crippen molar-refractivity contribution in [3.63, 3.8) is 0 Å². The summed E-state index contributed by atoms with van der Waals surface area (Å²) in [4.78, 5) is 28.4. The van der Waals surface area contributed by atoms with Crippen LogP contribution >= 0.6 is 11.5 Å². The summed E-state index contributed by atoms with van der Waals surface area (Å²) in [6.45, 7) is -0.133. The lowest BCUT2D eigenvalue weighted by atomic mass is 10.1. The predicted molar refractivity (Wildman–Crippen MR) is 119 cm³/mol. The molecule has 3 rings (SSSR count). The third-order valence-corrected chi connectivity index (χ3v) is 4.87. The predicted octanol–water partition coefficient (Wildman–Crippen LogP) is 3.12. The Labute approximate surface area is 187 Å². The van der Waals surface area contributed by atoms with Crippen molar-refractivity contribution in [2.45, 2.75) is 6.54 Å². The number of rotatable bonds is 8. The Bertz CT molecular complexity index is 1160. The van der Waals surface area contributed by atoms with Crippen LogP contribution in [0, 0.1) is 5.41 Å². The molecule has 0 aliphatic heterocycles. The van der Waals surface area contributed by atoms with E-state index in [1.54, 1.807) is 24.3 Å². The lowest BCUT2D eigenvalue weighted by Crippen LogP contribution is -2.37. The maximum absolute atomic E-state index is 11.8. The largest absolute Gasteiger partial charge is 0.496 e. The smallest absolute Gasteiger partial charge is 0.352 e. The highest BCUT2D eigenvalue weighted by Crippen LogP contribution is 2.24. The molecule has 0 aliphatic rings. The Balaban J connectivity index is 1.92. The highest BCUT2D eigenvalue weighted by molar-refractivity contribution is 7.10. The number of hydrogen-bond donors (Lipinski definition) is 4. The Kier molecular flexibility index (Phi) is 7.13. The van der Waals surface area contributed by atoms with Crippen LogP contribution < -0.4 is 10.1 Å². The van der Waals surface area contributed by atoms with Crippen LogP contribution in [0.5, 0.6) is 5.75 Å². The molecule has 0 spiro atoms. The molecule has 0 saturated heterocycles. The van der Waals surface area contributed by atoms with Gasteiger partial charge in [-0.25, -0.2) is 9.59 Å². The third kappa shape index (κ3) is 5.46. The maximum Gasteiger partial charge on any atom is 0.352 e. The molecule has 0 bridgehead atoms. The molecular weight excluding hydrogens is 434 g/mol. The Morgan fingerprint density at radius 3 is 2.50 bits per heavy atom. The fraction of sp³-hybridized carbons (Fsp3) is 0.0952. The van der Waals surface area contributed by atoms with Crippen LogP contribution in [0.4, 0.5) is 5.13 Å². The van der Waals surface area contributed by atoms with Crippen LogP contribution in [-0.2, 0) is 16.1 Å². The van der Waals surface area contributed by atoms with E-state index in [4.69, 9.17) is 15.3 Å². The summed E-state index contributed by atoms with van der Waals surface area (Å²) in [5, 5.41) is 30.2. The number of carboxylic acid groups (broad SMARTS) is 2. The summed E-state index contributed by atoms with van der Waals surface area (Å²) < 4.78 is 9.54. The van der Waals surface area contributed by atoms with Crippen LogP contribution in [0.3, 0.4) is 0 Å². The van der Waals surface area contributed by atoms with Gasteiger partial charge in [-0.1, -0.05) is 48.5 Å². The van der Waals surface area contributed by atoms with Gasteiger partial charge in [-0.05, 0) is 6.07 Å². The normalized spacial score (nSPS) is 11.0. The number of carboxylic acids is 2. The minimum atomic E-state index is -1.50. The van der Waals surface area contributed by atoms with Gasteiger partial charge in [0.15, 0.2) is 5.82 Å². The van der Waals surface area contributed by atoms with Crippen LogP contribution in [-0.4, -0.2) is 49.5 Å². The Morgan fingerprint density at radius 1 is 1.16 bits per heavy atom. The van der Waals surface area contributed by atoms with E-state index in [1.807, 2.05) is 30.3 Å². The number of methoxy groups -OCH3 is 1. The van der Waals surface area contributed by atoms with Gasteiger partial charge in [-0.2, -0.15) is 9.36 Å². The van der Waals surface area contributed by atoms with Crippen molar-refractivity contribution in [3.05, 3.63) is 71.9 Å². The second-order valence-corrected chi connectivity index (χ2v) is 7.09. The first kappa shape index (κ1) is 22.4. The average molecular weight is 453 g/mol. The Hall–Kier alpha value is -4.25. The highest BCUT2D eigenvalue weighted by Gasteiger charge is 2.24. The molecule has 0 radical (unpaired) electrons. The number of anilines is 1. The third-order valence-electron chi connectivity index (χ3n) is 4.24. The monoisotopic (exact) mass is 453 g/mol. The standard InChI is InChI=1S/C21H19N5O5S/c1-31-16-10-6-5-9-14(16)12-26(15(19(29)30)11-17(27)28)20(22)24-21-23-18(25-32-21)13-7-3-2-4-8-13/h2-11H,12H2,1H3,(H,27,28)(H,29,30)(H2,22,23,24,25)/b15-11-. The van der Waals surface area contributed by atoms with Gasteiger partial charge in [0, 0.05) is 22.7 Å². The van der Waals surface area contributed by atoms with Gasteiger partial charge in [-0.15, -0.1) is 0 Å². The van der Waals surface area contributed by atoms with Crippen molar-refractivity contribution in [3.8, 4) is 17.1 Å². The molecule has 0 fully saturated rings. The van der Waals surface area contributed by atoms with Crippen molar-refractivity contribution in [1.29, 1.82) is 5.41 Å². The van der Waals surface area contributed by atoms with E-state index in [9.17, 15) is 14.7 Å². The zero-order valence-corrected chi connectivity index (χ0v) is 17.7. The molecule has 164 valence electrons. The number of benzene rings is 2. The fourth-order valence-corrected chi connectivity index (χ4v) is 3.40. The summed E-state index contributed by atoms with van der Waals surface area (Å²) in [6, 6.07) is 16.1. The molecule has 0 aliphatic carbocycles. The second kappa shape index (κ2) is 10.2. The number of ether oxygens (including phenoxy) is 1. The molecule has 0 saturated carbocycles. The van der Waals surface area contributed by atoms with Crippen molar-refractivity contribution in [1.82, 2.24) is 14.3 Å². The summed E-state index contributed by atoms with van der Waals surface area (Å²) >= 11 is 0.990. The number of aliphatic carboxylic acids is 2. The van der Waals surface area contributed by atoms with E-state index in [-0.39, 0.29) is 17.6 Å². The first-order valence-corrected chi connectivity index (χ1v) is 9.98. The topological polar surface area (TPSA) is 149 Å². The van der Waals surface area contributed by atoms with E-state index in [0.717, 1.165) is 22.0 Å². The zero-order chi connectivity index (χ0) is 23.1. The summed E-state index contributed by atoms with van der Waals surface area (Å²) in [6.07, 6.45) is 0.531. The quantitative estimate of drug-likeness (QED) is 0.229. The molecule has 0 atom stereocenters. The summed E-state index contributed by atoms with van der Waals surface area (Å²) in [5.41, 5.74) is 0.737. The molecule has 11 heteroatoms. The van der Waals surface area contributed by atoms with Crippen LogP contribution in [0.1, 0.15) is 5.56 Å². The van der Waals surface area contributed by atoms with Gasteiger partial charge in [0.2, 0.25) is 11.1 Å². The van der Waals surface area contributed by atoms with Gasteiger partial charge < -0.3 is 25.2 Å². The van der Waals surface area contributed by atoms with E-state index in [0.29, 0.717) is 23.2 Å². The molecule has 0 amide bonds. The van der Waals surface area contributed by atoms with Crippen LogP contribution in [0.25, 0.3) is 11.4 Å². The molecule has 1 heterocycles. The minimum absolute atomic E-state index is 0.133. The molecule has 32 heavy (non-hydrogen) atoms. The molecule has 2 aromatic carbocycles. The molecule has 1 aromatic heterocycles. The van der Waals surface area contributed by atoms with Crippen molar-refractivity contribution < 1.29 is 24.5 Å². The van der Waals surface area contributed by atoms with E-state index < -0.39 is 17.6 Å². The maximum atomic E-state index is 11.8. The molecule has 0 unspecified atom stereocenters. The average Bonchev–Trinajstić information content (AvgIpc) is 3.25. The molecule has 3 aromatic rings. The first-order valence-electron chi connectivity index (χ1n) is 9.21. The lowest BCUT2D eigenvalue weighted by Gasteiger charge is -2.25. The minimum Gasteiger partial charge on any atom is -0.496 e. The number of aromatic nitrogens is 2. The van der Waals surface area contributed by atoms with E-state index in [2.05, 4.69) is 14.7 Å². The number of carbonyl (C=O) groups is 2. The van der Waals surface area contributed by atoms with Crippen LogP contribution in [0.15, 0.2) is 66.4 Å². The van der Waals surface area contributed by atoms with Gasteiger partial charge in [-0.3, -0.25) is 5.41 Å². The fourth-order valence-electron chi connectivity index (χ4n) is 2.81. The van der Waals surface area contributed by atoms with Crippen molar-refractivity contribution in [2.24, 2.45) is 0 Å². The summed E-state index contributed by atoms with van der Waals surface area (Å²) in [5.74, 6) is -2.44. The number of hydrogen-bond acceptors (Lipinski definition) is 7. The molecule has 10 nitrogen and oxygen atoms in total. The van der Waals surface area contributed by atoms with Crippen molar-refractivity contribution in [2.75, 3.05) is 12.4 Å². The van der Waals surface area contributed by atoms with Gasteiger partial charge >= 0.3 is 11.9 Å². The molecule has 4 N–H and O–H groups in total. The Morgan fingerprint density at radius 2 is 1.84 bits per heavy atom. The molecular formula is C21H19N5O5S. The highest BCUT2D eigenvalue weighted by atomic mass is 32.1. The summed E-state index contributed by atoms with van der Waals surface area (Å²) in [7, 11) is 1.46. The number of nitrogens with one attached hydrogen (secondary N) is 2. The van der Waals surface area contributed by atoms with Gasteiger partial charge in [0.1, 0.15) is 11.4 Å². The SMILES string of the molecule is COc1ccccc1CN(C(=N)Nc1nc(-c2ccccc2)ns1)/C(=C\C(=O)O)C(=O)O.